The first-order valence-corrected chi connectivity index (χ1v) is 10.9. The number of imidazole rings is 1. The maximum Gasteiger partial charge on any atom is 0.191 e. The Morgan fingerprint density at radius 3 is 2.93 bits per heavy atom. The van der Waals surface area contributed by atoms with Crippen LogP contribution >= 0.6 is 15.9 Å². The number of aliphatic imine (C=N–C) groups is 1. The summed E-state index contributed by atoms with van der Waals surface area (Å²) >= 11 is 3.50. The third kappa shape index (κ3) is 4.63. The molecule has 1 aliphatic heterocycles. The topological polar surface area (TPSA) is 57.0 Å². The van der Waals surface area contributed by atoms with Crippen LogP contribution in [0.2, 0.25) is 0 Å². The van der Waals surface area contributed by atoms with Gasteiger partial charge in [0, 0.05) is 48.6 Å². The predicted molar refractivity (Wildman–Crippen MR) is 113 cm³/mol. The maximum atomic E-state index is 4.78. The Kier molecular flexibility index (Phi) is 5.98. The Bertz CT molecular complexity index is 795. The van der Waals surface area contributed by atoms with E-state index in [4.69, 9.17) is 4.99 Å². The average molecular weight is 433 g/mol. The molecule has 0 radical (unpaired) electrons. The van der Waals surface area contributed by atoms with Gasteiger partial charge in [-0.3, -0.25) is 4.90 Å². The van der Waals surface area contributed by atoms with Gasteiger partial charge < -0.3 is 15.0 Å². The second-order valence-corrected chi connectivity index (χ2v) is 8.52. The quantitative estimate of drug-likeness (QED) is 0.562. The van der Waals surface area contributed by atoms with Crippen LogP contribution in [0.15, 0.2) is 34.0 Å². The number of hydrogen-bond acceptors (Lipinski definition) is 3. The van der Waals surface area contributed by atoms with Crippen molar-refractivity contribution in [3.63, 3.8) is 0 Å². The highest BCUT2D eigenvalue weighted by Crippen LogP contribution is 2.26. The molecule has 1 aliphatic carbocycles. The zero-order valence-corrected chi connectivity index (χ0v) is 17.6. The summed E-state index contributed by atoms with van der Waals surface area (Å²) in [7, 11) is 0. The standard InChI is InChI=1S/C20H29BrN6/c1-2-22-20(25-16-9-10-26(13-16)18-5-3-4-6-18)23-11-17-14-27-12-15(21)7-8-19(27)24-17/h7-8,12,14,16,18H,2-6,9-11,13H2,1H3,(H2,22,23,25). The zero-order valence-electron chi connectivity index (χ0n) is 16.0. The summed E-state index contributed by atoms with van der Waals surface area (Å²) < 4.78 is 3.08. The fourth-order valence-corrected chi connectivity index (χ4v) is 4.63. The molecule has 0 spiro atoms. The minimum Gasteiger partial charge on any atom is -0.357 e. The number of nitrogens with zero attached hydrogens (tertiary/aromatic N) is 4. The first kappa shape index (κ1) is 18.7. The summed E-state index contributed by atoms with van der Waals surface area (Å²) in [5.74, 6) is 0.897. The lowest BCUT2D eigenvalue weighted by Crippen LogP contribution is -2.45. The van der Waals surface area contributed by atoms with Gasteiger partial charge in [-0.05, 0) is 54.2 Å². The smallest absolute Gasteiger partial charge is 0.191 e. The molecular formula is C20H29BrN6. The monoisotopic (exact) mass is 432 g/mol. The van der Waals surface area contributed by atoms with E-state index in [9.17, 15) is 0 Å². The van der Waals surface area contributed by atoms with E-state index in [1.54, 1.807) is 0 Å². The Morgan fingerprint density at radius 2 is 2.11 bits per heavy atom. The zero-order chi connectivity index (χ0) is 18.6. The Hall–Kier alpha value is -1.60. The second kappa shape index (κ2) is 8.61. The van der Waals surface area contributed by atoms with Crippen LogP contribution in [-0.4, -0.2) is 52.0 Å². The van der Waals surface area contributed by atoms with E-state index in [2.05, 4.69) is 43.4 Å². The van der Waals surface area contributed by atoms with Gasteiger partial charge in [-0.15, -0.1) is 0 Å². The molecule has 1 atom stereocenters. The molecule has 1 unspecified atom stereocenters. The van der Waals surface area contributed by atoms with E-state index in [-0.39, 0.29) is 0 Å². The molecule has 2 fully saturated rings. The maximum absolute atomic E-state index is 4.78. The number of aromatic nitrogens is 2. The Morgan fingerprint density at radius 1 is 1.26 bits per heavy atom. The largest absolute Gasteiger partial charge is 0.357 e. The van der Waals surface area contributed by atoms with Gasteiger partial charge in [-0.1, -0.05) is 12.8 Å². The van der Waals surface area contributed by atoms with Crippen molar-refractivity contribution in [2.45, 2.75) is 57.7 Å². The molecule has 0 aromatic carbocycles. The fourth-order valence-electron chi connectivity index (χ4n) is 4.27. The summed E-state index contributed by atoms with van der Waals surface area (Å²) in [5.41, 5.74) is 1.92. The van der Waals surface area contributed by atoms with Crippen molar-refractivity contribution in [3.8, 4) is 0 Å². The highest BCUT2D eigenvalue weighted by atomic mass is 79.9. The lowest BCUT2D eigenvalue weighted by atomic mass is 10.2. The van der Waals surface area contributed by atoms with E-state index in [0.29, 0.717) is 12.6 Å². The summed E-state index contributed by atoms with van der Waals surface area (Å²) in [6, 6.07) is 5.32. The average Bonchev–Trinajstić information content (AvgIpc) is 3.39. The number of hydrogen-bond donors (Lipinski definition) is 2. The van der Waals surface area contributed by atoms with E-state index in [1.165, 1.54) is 38.6 Å². The van der Waals surface area contributed by atoms with E-state index in [0.717, 1.165) is 40.9 Å². The summed E-state index contributed by atoms with van der Waals surface area (Å²) in [6.07, 6.45) is 10.8. The summed E-state index contributed by atoms with van der Waals surface area (Å²) in [6.45, 7) is 5.90. The minimum absolute atomic E-state index is 0.487. The van der Waals surface area contributed by atoms with Crippen LogP contribution < -0.4 is 10.6 Å². The van der Waals surface area contributed by atoms with E-state index >= 15 is 0 Å². The molecule has 2 aliphatic rings. The summed E-state index contributed by atoms with van der Waals surface area (Å²) in [5, 5.41) is 7.02. The van der Waals surface area contributed by atoms with Crippen LogP contribution in [0.5, 0.6) is 0 Å². The first-order valence-electron chi connectivity index (χ1n) is 10.1. The molecule has 2 aromatic rings. The van der Waals surface area contributed by atoms with Gasteiger partial charge in [0.25, 0.3) is 0 Å². The van der Waals surface area contributed by atoms with Gasteiger partial charge >= 0.3 is 0 Å². The molecule has 4 rings (SSSR count). The van der Waals surface area contributed by atoms with Crippen molar-refractivity contribution < 1.29 is 0 Å². The molecule has 3 heterocycles. The second-order valence-electron chi connectivity index (χ2n) is 7.60. The Labute approximate surface area is 169 Å². The highest BCUT2D eigenvalue weighted by Gasteiger charge is 2.30. The fraction of sp³-hybridized carbons (Fsp3) is 0.600. The number of fused-ring (bicyclic) bond motifs is 1. The molecule has 7 heteroatoms. The van der Waals surface area contributed by atoms with Crippen molar-refractivity contribution in [2.24, 2.45) is 4.99 Å². The molecule has 27 heavy (non-hydrogen) atoms. The number of pyridine rings is 1. The number of guanidine groups is 1. The van der Waals surface area contributed by atoms with Crippen LogP contribution in [-0.2, 0) is 6.54 Å². The highest BCUT2D eigenvalue weighted by molar-refractivity contribution is 9.10. The van der Waals surface area contributed by atoms with Crippen molar-refractivity contribution in [1.29, 1.82) is 0 Å². The lowest BCUT2D eigenvalue weighted by Gasteiger charge is -2.24. The van der Waals surface area contributed by atoms with Crippen molar-refractivity contribution in [3.05, 3.63) is 34.7 Å². The summed E-state index contributed by atoms with van der Waals surface area (Å²) in [4.78, 5) is 12.1. The van der Waals surface area contributed by atoms with Crippen LogP contribution in [0, 0.1) is 0 Å². The van der Waals surface area contributed by atoms with Crippen LogP contribution in [0.4, 0.5) is 0 Å². The van der Waals surface area contributed by atoms with Crippen LogP contribution in [0.25, 0.3) is 5.65 Å². The van der Waals surface area contributed by atoms with Gasteiger partial charge in [0.05, 0.1) is 12.2 Å². The molecule has 0 bridgehead atoms. The van der Waals surface area contributed by atoms with Crippen molar-refractivity contribution in [1.82, 2.24) is 24.9 Å². The molecule has 146 valence electrons. The molecule has 6 nitrogen and oxygen atoms in total. The number of rotatable bonds is 5. The number of halogens is 1. The third-order valence-corrected chi connectivity index (χ3v) is 6.08. The van der Waals surface area contributed by atoms with Gasteiger partial charge in [0.2, 0.25) is 0 Å². The van der Waals surface area contributed by atoms with Crippen molar-refractivity contribution in [2.75, 3.05) is 19.6 Å². The van der Waals surface area contributed by atoms with Gasteiger partial charge in [0.1, 0.15) is 5.65 Å². The van der Waals surface area contributed by atoms with Gasteiger partial charge in [0.15, 0.2) is 5.96 Å². The SMILES string of the molecule is CCNC(=NCc1cn2cc(Br)ccc2n1)NC1CCN(C2CCCC2)C1. The normalized spacial score (nSPS) is 22.0. The molecule has 0 amide bonds. The molecule has 2 aromatic heterocycles. The van der Waals surface area contributed by atoms with E-state index in [1.807, 2.05) is 28.9 Å². The lowest BCUT2D eigenvalue weighted by molar-refractivity contribution is 0.242. The number of nitrogens with one attached hydrogen (secondary N) is 2. The number of likely N-dealkylation sites (tertiary alicyclic amines) is 1. The van der Waals surface area contributed by atoms with Crippen molar-refractivity contribution >= 4 is 27.5 Å². The van der Waals surface area contributed by atoms with Crippen LogP contribution in [0.3, 0.4) is 0 Å². The van der Waals surface area contributed by atoms with Crippen LogP contribution in [0.1, 0.15) is 44.7 Å². The predicted octanol–water partition coefficient (Wildman–Crippen LogP) is 3.17. The van der Waals surface area contributed by atoms with Gasteiger partial charge in [-0.2, -0.15) is 0 Å². The third-order valence-electron chi connectivity index (χ3n) is 5.61. The Balaban J connectivity index is 1.37. The molecule has 2 N–H and O–H groups in total. The minimum atomic E-state index is 0.487. The molecular weight excluding hydrogens is 404 g/mol. The molecule has 1 saturated heterocycles. The van der Waals surface area contributed by atoms with Gasteiger partial charge in [-0.25, -0.2) is 9.98 Å². The van der Waals surface area contributed by atoms with E-state index < -0.39 is 0 Å². The molecule has 1 saturated carbocycles. The first-order chi connectivity index (χ1) is 13.2.